The van der Waals surface area contributed by atoms with E-state index < -0.39 is 16.4 Å². The number of fused-ring (bicyclic) bond motifs is 2. The van der Waals surface area contributed by atoms with Crippen LogP contribution in [-0.2, 0) is 10.3 Å². The van der Waals surface area contributed by atoms with Gasteiger partial charge in [-0.1, -0.05) is 36.4 Å². The molecular formula is C24H20N4O4. The predicted molar refractivity (Wildman–Crippen MR) is 117 cm³/mol. The molecule has 1 unspecified atom stereocenters. The van der Waals surface area contributed by atoms with E-state index in [0.717, 1.165) is 11.1 Å². The first-order chi connectivity index (χ1) is 15.4. The monoisotopic (exact) mass is 428 g/mol. The van der Waals surface area contributed by atoms with Crippen LogP contribution in [0.2, 0.25) is 0 Å². The highest BCUT2D eigenvalue weighted by molar-refractivity contribution is 6.11. The summed E-state index contributed by atoms with van der Waals surface area (Å²) in [6.07, 6.45) is 1.56. The first-order valence-electron chi connectivity index (χ1n) is 10.3. The summed E-state index contributed by atoms with van der Waals surface area (Å²) in [5.41, 5.74) is 1.28. The van der Waals surface area contributed by atoms with Gasteiger partial charge in [-0.25, -0.2) is 0 Å². The molecule has 32 heavy (non-hydrogen) atoms. The second kappa shape index (κ2) is 7.35. The summed E-state index contributed by atoms with van der Waals surface area (Å²) in [4.78, 5) is 44.2. The lowest BCUT2D eigenvalue weighted by Crippen LogP contribution is -2.51. The van der Waals surface area contributed by atoms with Crippen molar-refractivity contribution < 1.29 is 14.5 Å². The maximum Gasteiger partial charge on any atom is 0.269 e. The van der Waals surface area contributed by atoms with Gasteiger partial charge < -0.3 is 5.32 Å². The smallest absolute Gasteiger partial charge is 0.269 e. The maximum absolute atomic E-state index is 13.9. The zero-order valence-electron chi connectivity index (χ0n) is 17.3. The van der Waals surface area contributed by atoms with Crippen molar-refractivity contribution in [3.8, 4) is 0 Å². The quantitative estimate of drug-likeness (QED) is 0.388. The van der Waals surface area contributed by atoms with E-state index >= 15 is 0 Å². The van der Waals surface area contributed by atoms with Crippen LogP contribution in [0.25, 0.3) is 0 Å². The van der Waals surface area contributed by atoms with Gasteiger partial charge in [0.2, 0.25) is 5.91 Å². The number of nitrogens with one attached hydrogen (secondary N) is 1. The number of amides is 1. The van der Waals surface area contributed by atoms with E-state index in [4.69, 9.17) is 0 Å². The number of carbonyl (C=O) groups excluding carboxylic acids is 2. The van der Waals surface area contributed by atoms with Crippen molar-refractivity contribution in [3.63, 3.8) is 0 Å². The maximum atomic E-state index is 13.9. The van der Waals surface area contributed by atoms with Crippen LogP contribution >= 0.6 is 0 Å². The number of likely N-dealkylation sites (N-methyl/N-ethyl adjacent to an activating group) is 1. The summed E-state index contributed by atoms with van der Waals surface area (Å²) < 4.78 is 0. The highest BCUT2D eigenvalue weighted by Gasteiger charge is 2.64. The molecule has 2 aliphatic heterocycles. The number of pyridine rings is 1. The van der Waals surface area contributed by atoms with Crippen LogP contribution in [0.5, 0.6) is 0 Å². The third kappa shape index (κ3) is 2.76. The lowest BCUT2D eigenvalue weighted by atomic mass is 9.71. The third-order valence-electron chi connectivity index (χ3n) is 6.59. The molecule has 1 fully saturated rings. The van der Waals surface area contributed by atoms with Crippen LogP contribution in [0.15, 0.2) is 72.9 Å². The fourth-order valence-corrected chi connectivity index (χ4v) is 5.21. The highest BCUT2D eigenvalue weighted by atomic mass is 16.6. The van der Waals surface area contributed by atoms with Crippen molar-refractivity contribution >= 4 is 23.1 Å². The average molecular weight is 428 g/mol. The summed E-state index contributed by atoms with van der Waals surface area (Å²) in [7, 11) is 1.84. The minimum Gasteiger partial charge on any atom is -0.324 e. The largest absolute Gasteiger partial charge is 0.324 e. The normalized spacial score (nSPS) is 24.3. The molecule has 0 bridgehead atoms. The van der Waals surface area contributed by atoms with Gasteiger partial charge in [-0.15, -0.1) is 0 Å². The minimum atomic E-state index is -1.20. The number of Topliss-reactive ketones (excluding diaryl/α,β-unsaturated/α-hetero) is 1. The van der Waals surface area contributed by atoms with Crippen molar-refractivity contribution in [2.24, 2.45) is 5.92 Å². The molecule has 1 spiro atoms. The van der Waals surface area contributed by atoms with Gasteiger partial charge in [0.05, 0.1) is 10.8 Å². The van der Waals surface area contributed by atoms with Gasteiger partial charge in [0, 0.05) is 42.0 Å². The lowest BCUT2D eigenvalue weighted by molar-refractivity contribution is -0.384. The Kier molecular flexibility index (Phi) is 4.60. The van der Waals surface area contributed by atoms with Gasteiger partial charge in [0.25, 0.3) is 5.69 Å². The topological polar surface area (TPSA) is 105 Å². The van der Waals surface area contributed by atoms with Crippen molar-refractivity contribution in [2.45, 2.75) is 11.5 Å². The predicted octanol–water partition coefficient (Wildman–Crippen LogP) is 3.37. The number of benzene rings is 2. The van der Waals surface area contributed by atoms with E-state index in [1.165, 1.54) is 12.1 Å². The number of nitro groups is 1. The molecule has 8 heteroatoms. The number of para-hydroxylation sites is 1. The Bertz CT molecular complexity index is 1230. The fourth-order valence-electron chi connectivity index (χ4n) is 5.21. The number of nitrogens with zero attached hydrogens (tertiary/aromatic N) is 3. The van der Waals surface area contributed by atoms with Crippen LogP contribution in [0.1, 0.15) is 27.5 Å². The fraction of sp³-hybridized carbons (Fsp3) is 0.208. The highest BCUT2D eigenvalue weighted by Crippen LogP contribution is 2.55. The summed E-state index contributed by atoms with van der Waals surface area (Å²) in [6, 6.07) is 18.8. The molecule has 160 valence electrons. The molecule has 3 aromatic rings. The summed E-state index contributed by atoms with van der Waals surface area (Å²) in [6.45, 7) is 0.433. The van der Waals surface area contributed by atoms with Crippen LogP contribution in [0, 0.1) is 16.0 Å². The molecule has 5 rings (SSSR count). The number of hydrogen-bond acceptors (Lipinski definition) is 6. The molecule has 1 saturated heterocycles. The van der Waals surface area contributed by atoms with E-state index in [0.29, 0.717) is 12.2 Å². The SMILES string of the molecule is CN1C[C@H](c2ccc([N+](=O)[O-])cc2)C(C(=O)c2ccccn2)[C@]12C(=O)Nc1ccccc12. The molecule has 0 aliphatic carbocycles. The Morgan fingerprint density at radius 1 is 1.12 bits per heavy atom. The average Bonchev–Trinajstić information content (AvgIpc) is 3.29. The molecule has 0 saturated carbocycles. The zero-order valence-corrected chi connectivity index (χ0v) is 17.3. The molecule has 3 heterocycles. The molecule has 2 aliphatic rings. The number of carbonyl (C=O) groups is 2. The molecular weight excluding hydrogens is 408 g/mol. The number of aromatic nitrogens is 1. The Morgan fingerprint density at radius 2 is 1.84 bits per heavy atom. The lowest BCUT2D eigenvalue weighted by Gasteiger charge is -2.35. The Labute approximate surface area is 184 Å². The second-order valence-electron chi connectivity index (χ2n) is 8.16. The number of rotatable bonds is 4. The van der Waals surface area contributed by atoms with E-state index in [2.05, 4.69) is 10.3 Å². The second-order valence-corrected chi connectivity index (χ2v) is 8.16. The molecule has 1 N–H and O–H groups in total. The Balaban J connectivity index is 1.70. The van der Waals surface area contributed by atoms with E-state index in [1.54, 1.807) is 36.5 Å². The number of ketones is 1. The van der Waals surface area contributed by atoms with Crippen LogP contribution in [-0.4, -0.2) is 40.1 Å². The molecule has 1 aromatic heterocycles. The van der Waals surface area contributed by atoms with Crippen molar-refractivity contribution in [1.29, 1.82) is 0 Å². The van der Waals surface area contributed by atoms with Crippen LogP contribution in [0.3, 0.4) is 0 Å². The number of likely N-dealkylation sites (tertiary alicyclic amines) is 1. The number of hydrogen-bond donors (Lipinski definition) is 1. The van der Waals surface area contributed by atoms with Gasteiger partial charge >= 0.3 is 0 Å². The number of anilines is 1. The van der Waals surface area contributed by atoms with Crippen molar-refractivity contribution in [1.82, 2.24) is 9.88 Å². The van der Waals surface area contributed by atoms with Gasteiger partial charge in [-0.3, -0.25) is 29.6 Å². The minimum absolute atomic E-state index is 0.0219. The zero-order chi connectivity index (χ0) is 22.5. The van der Waals surface area contributed by atoms with Gasteiger partial charge in [-0.2, -0.15) is 0 Å². The van der Waals surface area contributed by atoms with E-state index in [-0.39, 0.29) is 29.0 Å². The van der Waals surface area contributed by atoms with E-state index in [1.807, 2.05) is 36.2 Å². The molecule has 8 nitrogen and oxygen atoms in total. The van der Waals surface area contributed by atoms with Crippen molar-refractivity contribution in [3.05, 3.63) is 99.9 Å². The molecule has 2 aromatic carbocycles. The summed E-state index contributed by atoms with van der Waals surface area (Å²) in [5, 5.41) is 14.1. The molecule has 0 radical (unpaired) electrons. The molecule has 1 amide bonds. The first kappa shape index (κ1) is 20.0. The van der Waals surface area contributed by atoms with Gasteiger partial charge in [0.1, 0.15) is 11.2 Å². The molecule has 3 atom stereocenters. The van der Waals surface area contributed by atoms with Crippen molar-refractivity contribution in [2.75, 3.05) is 18.9 Å². The van der Waals surface area contributed by atoms with E-state index in [9.17, 15) is 19.7 Å². The Morgan fingerprint density at radius 3 is 2.53 bits per heavy atom. The standard InChI is InChI=1S/C24H20N4O4/c1-27-14-17(15-9-11-16(12-10-15)28(31)32)21(22(29)20-8-4-5-13-25-20)24(27)18-6-2-3-7-19(18)26-23(24)30/h2-13,17,21H,14H2,1H3,(H,26,30)/t17-,21?,24-/m1/s1. The summed E-state index contributed by atoms with van der Waals surface area (Å²) >= 11 is 0. The third-order valence-corrected chi connectivity index (χ3v) is 6.59. The number of nitro benzene ring substituents is 1. The van der Waals surface area contributed by atoms with Gasteiger partial charge in [-0.05, 0) is 30.8 Å². The van der Waals surface area contributed by atoms with Crippen LogP contribution in [0.4, 0.5) is 11.4 Å². The van der Waals surface area contributed by atoms with Gasteiger partial charge in [0.15, 0.2) is 5.78 Å². The van der Waals surface area contributed by atoms with Crippen LogP contribution < -0.4 is 5.32 Å². The first-order valence-corrected chi connectivity index (χ1v) is 10.3. The Hall–Kier alpha value is -3.91. The number of non-ortho nitro benzene ring substituents is 1. The summed E-state index contributed by atoms with van der Waals surface area (Å²) in [5.74, 6) is -1.59.